The Morgan fingerprint density at radius 1 is 1.10 bits per heavy atom. The van der Waals surface area contributed by atoms with E-state index < -0.39 is 0 Å². The van der Waals surface area contributed by atoms with Crippen LogP contribution in [0.3, 0.4) is 0 Å². The Balaban J connectivity index is 1.74. The van der Waals surface area contributed by atoms with E-state index in [0.717, 1.165) is 18.7 Å². The van der Waals surface area contributed by atoms with Crippen molar-refractivity contribution in [2.24, 2.45) is 0 Å². The molecule has 21 heavy (non-hydrogen) atoms. The van der Waals surface area contributed by atoms with Gasteiger partial charge in [0.2, 0.25) is 0 Å². The lowest BCUT2D eigenvalue weighted by Gasteiger charge is -2.17. The molecule has 1 saturated carbocycles. The van der Waals surface area contributed by atoms with Crippen LogP contribution in [0.2, 0.25) is 0 Å². The minimum Gasteiger partial charge on any atom is -0.504 e. The highest BCUT2D eigenvalue weighted by molar-refractivity contribution is 5.71. The van der Waals surface area contributed by atoms with Crippen LogP contribution in [0.1, 0.15) is 55.3 Å². The van der Waals surface area contributed by atoms with Gasteiger partial charge in [-0.15, -0.1) is 0 Å². The third kappa shape index (κ3) is 3.07. The van der Waals surface area contributed by atoms with Crippen molar-refractivity contribution in [3.05, 3.63) is 35.5 Å². The van der Waals surface area contributed by atoms with Crippen LogP contribution >= 0.6 is 0 Å². The van der Waals surface area contributed by atoms with Crippen LogP contribution in [-0.2, 0) is 0 Å². The molecule has 1 aliphatic rings. The molecule has 5 nitrogen and oxygen atoms in total. The van der Waals surface area contributed by atoms with Crippen LogP contribution in [0.5, 0.6) is 11.5 Å². The second-order valence-electron chi connectivity index (χ2n) is 5.37. The van der Waals surface area contributed by atoms with E-state index in [1.807, 2.05) is 0 Å². The average molecular weight is 286 g/mol. The maximum absolute atomic E-state index is 9.72. The van der Waals surface area contributed by atoms with Gasteiger partial charge in [0.15, 0.2) is 17.3 Å². The van der Waals surface area contributed by atoms with Gasteiger partial charge in [0.05, 0.1) is 0 Å². The van der Waals surface area contributed by atoms with Gasteiger partial charge in [-0.1, -0.05) is 36.6 Å². The molecule has 1 aromatic carbocycles. The van der Waals surface area contributed by atoms with Crippen molar-refractivity contribution in [3.8, 4) is 11.5 Å². The quantitative estimate of drug-likeness (QED) is 0.841. The molecule has 110 valence electrons. The zero-order valence-electron chi connectivity index (χ0n) is 11.7. The molecule has 2 N–H and O–H groups in total. The van der Waals surface area contributed by atoms with Gasteiger partial charge in [0, 0.05) is 17.6 Å². The number of nitrogens with zero attached hydrogens (tertiary/aromatic N) is 2. The molecule has 0 bridgehead atoms. The van der Waals surface area contributed by atoms with Crippen LogP contribution < -0.4 is 0 Å². The summed E-state index contributed by atoms with van der Waals surface area (Å²) in [5.41, 5.74) is 0.507. The highest BCUT2D eigenvalue weighted by Gasteiger charge is 2.20. The summed E-state index contributed by atoms with van der Waals surface area (Å²) in [5.74, 6) is 1.29. The van der Waals surface area contributed by atoms with E-state index in [1.165, 1.54) is 25.3 Å². The van der Waals surface area contributed by atoms with Gasteiger partial charge in [0.1, 0.15) is 0 Å². The summed E-state index contributed by atoms with van der Waals surface area (Å²) in [4.78, 5) is 4.39. The lowest BCUT2D eigenvalue weighted by Crippen LogP contribution is -2.06. The molecule has 1 heterocycles. The summed E-state index contributed by atoms with van der Waals surface area (Å²) in [6.45, 7) is 0. The molecule has 1 aliphatic carbocycles. The summed E-state index contributed by atoms with van der Waals surface area (Å²) >= 11 is 0. The van der Waals surface area contributed by atoms with Crippen LogP contribution in [0.15, 0.2) is 22.7 Å². The van der Waals surface area contributed by atoms with E-state index in [9.17, 15) is 10.2 Å². The number of benzene rings is 1. The minimum atomic E-state index is -0.152. The summed E-state index contributed by atoms with van der Waals surface area (Å²) in [6.07, 6.45) is 9.27. The SMILES string of the molecule is Oc1cccc(C=Cc2nc(C3CCCCC3)no2)c1O. The smallest absolute Gasteiger partial charge is 0.250 e. The monoisotopic (exact) mass is 286 g/mol. The molecule has 0 saturated heterocycles. The lowest BCUT2D eigenvalue weighted by atomic mass is 9.89. The molecular weight excluding hydrogens is 268 g/mol. The van der Waals surface area contributed by atoms with Gasteiger partial charge in [-0.3, -0.25) is 0 Å². The van der Waals surface area contributed by atoms with Gasteiger partial charge in [0.25, 0.3) is 5.89 Å². The number of aromatic nitrogens is 2. The van der Waals surface area contributed by atoms with Crippen molar-refractivity contribution in [2.45, 2.75) is 38.0 Å². The summed E-state index contributed by atoms with van der Waals surface area (Å²) in [5, 5.41) is 23.2. The maximum atomic E-state index is 9.72. The van der Waals surface area contributed by atoms with E-state index in [-0.39, 0.29) is 11.5 Å². The molecule has 0 atom stereocenters. The molecule has 0 amide bonds. The predicted molar refractivity (Wildman–Crippen MR) is 78.8 cm³/mol. The number of rotatable bonds is 3. The fourth-order valence-electron chi connectivity index (χ4n) is 2.69. The normalized spacial score (nSPS) is 16.6. The second-order valence-corrected chi connectivity index (χ2v) is 5.37. The van der Waals surface area contributed by atoms with Crippen molar-refractivity contribution < 1.29 is 14.7 Å². The van der Waals surface area contributed by atoms with Gasteiger partial charge >= 0.3 is 0 Å². The van der Waals surface area contributed by atoms with Crippen LogP contribution in [0.25, 0.3) is 12.2 Å². The van der Waals surface area contributed by atoms with Crippen molar-refractivity contribution in [1.82, 2.24) is 10.1 Å². The first-order valence-electron chi connectivity index (χ1n) is 7.26. The Bertz CT molecular complexity index is 643. The molecule has 1 fully saturated rings. The Labute approximate surface area is 122 Å². The lowest BCUT2D eigenvalue weighted by molar-refractivity contribution is 0.376. The van der Waals surface area contributed by atoms with E-state index >= 15 is 0 Å². The zero-order valence-corrected chi connectivity index (χ0v) is 11.7. The van der Waals surface area contributed by atoms with Crippen molar-refractivity contribution in [1.29, 1.82) is 0 Å². The topological polar surface area (TPSA) is 79.4 Å². The van der Waals surface area contributed by atoms with Gasteiger partial charge < -0.3 is 14.7 Å². The van der Waals surface area contributed by atoms with Crippen molar-refractivity contribution in [3.63, 3.8) is 0 Å². The van der Waals surface area contributed by atoms with Gasteiger partial charge in [-0.2, -0.15) is 4.98 Å². The fourth-order valence-corrected chi connectivity index (χ4v) is 2.69. The molecule has 0 aliphatic heterocycles. The van der Waals surface area contributed by atoms with E-state index in [4.69, 9.17) is 4.52 Å². The van der Waals surface area contributed by atoms with Crippen molar-refractivity contribution >= 4 is 12.2 Å². The Hall–Kier alpha value is -2.30. The van der Waals surface area contributed by atoms with Crippen LogP contribution in [-0.4, -0.2) is 20.4 Å². The third-order valence-corrected chi connectivity index (χ3v) is 3.88. The van der Waals surface area contributed by atoms with E-state index in [0.29, 0.717) is 17.4 Å². The van der Waals surface area contributed by atoms with E-state index in [2.05, 4.69) is 10.1 Å². The highest BCUT2D eigenvalue weighted by Crippen LogP contribution is 2.31. The largest absolute Gasteiger partial charge is 0.504 e. The highest BCUT2D eigenvalue weighted by atomic mass is 16.5. The predicted octanol–water partition coefficient (Wildman–Crippen LogP) is 3.70. The number of hydrogen-bond donors (Lipinski definition) is 2. The molecule has 0 radical (unpaired) electrons. The van der Waals surface area contributed by atoms with Gasteiger partial charge in [-0.05, 0) is 25.0 Å². The first-order valence-corrected chi connectivity index (χ1v) is 7.26. The number of aromatic hydroxyl groups is 2. The molecule has 0 unspecified atom stereocenters. The molecule has 5 heteroatoms. The summed E-state index contributed by atoms with van der Waals surface area (Å²) in [6, 6.07) is 4.79. The Morgan fingerprint density at radius 2 is 1.90 bits per heavy atom. The van der Waals surface area contributed by atoms with Crippen LogP contribution in [0, 0.1) is 0 Å². The number of hydrogen-bond acceptors (Lipinski definition) is 5. The fraction of sp³-hybridized carbons (Fsp3) is 0.375. The molecular formula is C16H18N2O3. The average Bonchev–Trinajstić information content (AvgIpc) is 2.99. The van der Waals surface area contributed by atoms with Gasteiger partial charge in [-0.25, -0.2) is 0 Å². The standard InChI is InChI=1S/C16H18N2O3/c19-13-8-4-7-11(15(13)20)9-10-14-17-16(18-21-14)12-5-2-1-3-6-12/h4,7-10,12,19-20H,1-3,5-6H2. The molecule has 2 aromatic rings. The number of para-hydroxylation sites is 1. The first-order chi connectivity index (χ1) is 10.2. The maximum Gasteiger partial charge on any atom is 0.250 e. The second kappa shape index (κ2) is 5.99. The molecule has 1 aromatic heterocycles. The first kappa shape index (κ1) is 13.7. The van der Waals surface area contributed by atoms with Crippen LogP contribution in [0.4, 0.5) is 0 Å². The Morgan fingerprint density at radius 3 is 2.71 bits per heavy atom. The number of phenols is 2. The molecule has 3 rings (SSSR count). The minimum absolute atomic E-state index is 0.148. The van der Waals surface area contributed by atoms with E-state index in [1.54, 1.807) is 24.3 Å². The summed E-state index contributed by atoms with van der Waals surface area (Å²) in [7, 11) is 0. The van der Waals surface area contributed by atoms with Crippen molar-refractivity contribution in [2.75, 3.05) is 0 Å². The Kier molecular flexibility index (Phi) is 3.90. The molecule has 0 spiro atoms. The zero-order chi connectivity index (χ0) is 14.7. The third-order valence-electron chi connectivity index (χ3n) is 3.88. The number of phenolic OH excluding ortho intramolecular Hbond substituents is 2. The summed E-state index contributed by atoms with van der Waals surface area (Å²) < 4.78 is 5.22.